The molecule has 0 bridgehead atoms. The monoisotopic (exact) mass is 593 g/mol. The number of nitrogen functional groups attached to an aromatic ring is 2. The minimum absolute atomic E-state index is 0.0342. The number of nitrogens with two attached hydrogens (primary N) is 2. The van der Waals surface area contributed by atoms with Gasteiger partial charge in [0.25, 0.3) is 5.56 Å². The standard InChI is InChI=1S/C22H28N9O9P/c23-16-10-1-3-30(17(10)26-7-25-16)21-15(34)14(33)11(40-21)2-4-38-41(36,37)12-5-9(6-32)39-20(12)31-8-27-13-18(31)28-22(24)29-19(13)35/h1,3,7-9,11-12,14-15,20-21,32-34H,2,4-6H2,(H,36,37)(H2,23,25,26)(H3,24,28,29,35)/t9-,11+,12+,14+,15+,20+,21+/m0/s1. The maximum Gasteiger partial charge on any atom is 0.335 e. The summed E-state index contributed by atoms with van der Waals surface area (Å²) in [5.41, 5.74) is 10.2. The van der Waals surface area contributed by atoms with Gasteiger partial charge in [-0.3, -0.25) is 18.9 Å². The Morgan fingerprint density at radius 1 is 1.12 bits per heavy atom. The fourth-order valence-corrected chi connectivity index (χ4v) is 6.91. The molecule has 0 amide bonds. The summed E-state index contributed by atoms with van der Waals surface area (Å²) in [6.45, 7) is -0.749. The van der Waals surface area contributed by atoms with Crippen LogP contribution >= 0.6 is 7.60 Å². The molecule has 6 heterocycles. The van der Waals surface area contributed by atoms with Crippen molar-refractivity contribution in [2.45, 2.75) is 55.4 Å². The smallest absolute Gasteiger partial charge is 0.335 e. The Kier molecular flexibility index (Phi) is 7.03. The van der Waals surface area contributed by atoms with Gasteiger partial charge in [-0.25, -0.2) is 15.0 Å². The fourth-order valence-electron chi connectivity index (χ4n) is 5.31. The van der Waals surface area contributed by atoms with Crippen molar-refractivity contribution >= 4 is 41.6 Å². The average Bonchev–Trinajstić information content (AvgIpc) is 3.70. The van der Waals surface area contributed by atoms with E-state index in [1.165, 1.54) is 21.8 Å². The third kappa shape index (κ3) is 4.77. The van der Waals surface area contributed by atoms with Crippen LogP contribution in [0.15, 0.2) is 29.7 Å². The van der Waals surface area contributed by atoms with Gasteiger partial charge >= 0.3 is 7.60 Å². The maximum absolute atomic E-state index is 13.4. The molecule has 220 valence electrons. The SMILES string of the molecule is Nc1nc2c(ncn2[C@@H]2O[C@H](CO)C[C@H]2P(=O)(O)OCC[C@H]2O[C@@H](n3ccc4c(N)ncnc43)[C@H](O)[C@@H]2O)c(=O)[nH]1. The second kappa shape index (κ2) is 10.4. The van der Waals surface area contributed by atoms with E-state index in [-0.39, 0.29) is 42.4 Å². The van der Waals surface area contributed by atoms with Crippen LogP contribution in [-0.4, -0.2) is 97.6 Å². The van der Waals surface area contributed by atoms with Crippen LogP contribution in [0.5, 0.6) is 0 Å². The van der Waals surface area contributed by atoms with Crippen LogP contribution in [0, 0.1) is 0 Å². The van der Waals surface area contributed by atoms with E-state index in [4.69, 9.17) is 25.5 Å². The van der Waals surface area contributed by atoms with Crippen molar-refractivity contribution in [1.82, 2.24) is 34.1 Å². The number of nitrogens with zero attached hydrogens (tertiary/aromatic N) is 6. The quantitative estimate of drug-likeness (QED) is 0.116. The second-order valence-electron chi connectivity index (χ2n) is 9.86. The maximum atomic E-state index is 13.4. The molecule has 2 fully saturated rings. The van der Waals surface area contributed by atoms with Crippen molar-refractivity contribution in [3.8, 4) is 0 Å². The van der Waals surface area contributed by atoms with Gasteiger partial charge in [0.2, 0.25) is 5.95 Å². The molecular weight excluding hydrogens is 565 g/mol. The summed E-state index contributed by atoms with van der Waals surface area (Å²) in [7, 11) is -4.45. The molecule has 18 nitrogen and oxygen atoms in total. The molecule has 0 aliphatic carbocycles. The lowest BCUT2D eigenvalue weighted by Crippen LogP contribution is -2.32. The average molecular weight is 593 g/mol. The topological polar surface area (TPSA) is 272 Å². The number of rotatable bonds is 8. The van der Waals surface area contributed by atoms with Gasteiger partial charge in [-0.05, 0) is 12.5 Å². The second-order valence-corrected chi connectivity index (χ2v) is 11.9. The zero-order valence-corrected chi connectivity index (χ0v) is 22.2. The summed E-state index contributed by atoms with van der Waals surface area (Å²) < 4.78 is 33.4. The zero-order valence-electron chi connectivity index (χ0n) is 21.3. The number of H-pyrrole nitrogens is 1. The number of ether oxygens (including phenoxy) is 2. The normalized spacial score (nSPS) is 29.9. The number of anilines is 2. The summed E-state index contributed by atoms with van der Waals surface area (Å²) in [6, 6.07) is 1.66. The van der Waals surface area contributed by atoms with Gasteiger partial charge in [-0.1, -0.05) is 0 Å². The molecule has 0 saturated carbocycles. The summed E-state index contributed by atoms with van der Waals surface area (Å²) in [4.78, 5) is 41.7. The molecule has 8 atom stereocenters. The number of aliphatic hydroxyl groups is 3. The van der Waals surface area contributed by atoms with E-state index in [2.05, 4.69) is 24.9 Å². The molecule has 6 rings (SSSR count). The molecule has 2 aliphatic heterocycles. The van der Waals surface area contributed by atoms with Gasteiger partial charge in [-0.2, -0.15) is 4.98 Å². The highest BCUT2D eigenvalue weighted by Gasteiger charge is 2.49. The molecular formula is C22H28N9O9P. The first-order valence-electron chi connectivity index (χ1n) is 12.6. The Balaban J connectivity index is 1.16. The fraction of sp³-hybridized carbons (Fsp3) is 0.500. The summed E-state index contributed by atoms with van der Waals surface area (Å²) >= 11 is 0. The van der Waals surface area contributed by atoms with E-state index in [1.54, 1.807) is 12.3 Å². The van der Waals surface area contributed by atoms with E-state index in [9.17, 15) is 29.6 Å². The van der Waals surface area contributed by atoms with E-state index in [0.29, 0.717) is 11.0 Å². The molecule has 9 N–H and O–H groups in total. The number of fused-ring (bicyclic) bond motifs is 2. The molecule has 1 unspecified atom stereocenters. The predicted octanol–water partition coefficient (Wildman–Crippen LogP) is -1.41. The first kappa shape index (κ1) is 27.7. The largest absolute Gasteiger partial charge is 0.394 e. The minimum Gasteiger partial charge on any atom is -0.394 e. The molecule has 4 aromatic rings. The Hall–Kier alpha value is -3.48. The van der Waals surface area contributed by atoms with Crippen LogP contribution in [0.25, 0.3) is 22.2 Å². The van der Waals surface area contributed by atoms with Crippen LogP contribution in [0.4, 0.5) is 11.8 Å². The van der Waals surface area contributed by atoms with Crippen molar-refractivity contribution in [1.29, 1.82) is 0 Å². The van der Waals surface area contributed by atoms with Crippen LogP contribution in [-0.2, 0) is 18.6 Å². The Bertz CT molecular complexity index is 1690. The zero-order chi connectivity index (χ0) is 29.1. The molecule has 2 aliphatic rings. The van der Waals surface area contributed by atoms with Gasteiger partial charge in [0.15, 0.2) is 23.6 Å². The van der Waals surface area contributed by atoms with Crippen molar-refractivity contribution in [2.24, 2.45) is 0 Å². The highest BCUT2D eigenvalue weighted by Crippen LogP contribution is 2.57. The third-order valence-corrected chi connectivity index (χ3v) is 9.20. The van der Waals surface area contributed by atoms with Crippen molar-refractivity contribution in [3.63, 3.8) is 0 Å². The lowest BCUT2D eigenvalue weighted by molar-refractivity contribution is -0.0400. The number of hydrogen-bond donors (Lipinski definition) is 7. The van der Waals surface area contributed by atoms with Crippen molar-refractivity contribution in [3.05, 3.63) is 35.3 Å². The summed E-state index contributed by atoms with van der Waals surface area (Å²) in [6.07, 6.45) is -2.53. The van der Waals surface area contributed by atoms with Crippen molar-refractivity contribution in [2.75, 3.05) is 24.7 Å². The molecule has 0 spiro atoms. The lowest BCUT2D eigenvalue weighted by atomic mass is 10.1. The van der Waals surface area contributed by atoms with E-state index in [1.807, 2.05) is 0 Å². The number of imidazole rings is 1. The molecule has 4 aromatic heterocycles. The van der Waals surface area contributed by atoms with Crippen LogP contribution in [0.1, 0.15) is 25.3 Å². The molecule has 0 aromatic carbocycles. The highest BCUT2D eigenvalue weighted by atomic mass is 31.2. The first-order chi connectivity index (χ1) is 19.6. The summed E-state index contributed by atoms with van der Waals surface area (Å²) in [5, 5.41) is 31.6. The number of hydrogen-bond acceptors (Lipinski definition) is 14. The van der Waals surface area contributed by atoms with Crippen LogP contribution < -0.4 is 17.0 Å². The van der Waals surface area contributed by atoms with Gasteiger partial charge in [0.05, 0.1) is 37.1 Å². The van der Waals surface area contributed by atoms with Gasteiger partial charge < -0.3 is 50.2 Å². The van der Waals surface area contributed by atoms with E-state index >= 15 is 0 Å². The molecule has 19 heteroatoms. The van der Waals surface area contributed by atoms with Gasteiger partial charge in [0, 0.05) is 12.6 Å². The minimum atomic E-state index is -4.45. The molecule has 0 radical (unpaired) electrons. The van der Waals surface area contributed by atoms with Gasteiger partial charge in [0.1, 0.15) is 35.7 Å². The third-order valence-electron chi connectivity index (χ3n) is 7.34. The Labute approximate surface area is 230 Å². The highest BCUT2D eigenvalue weighted by molar-refractivity contribution is 7.53. The van der Waals surface area contributed by atoms with Crippen LogP contribution in [0.2, 0.25) is 0 Å². The van der Waals surface area contributed by atoms with E-state index < -0.39 is 62.3 Å². The predicted molar refractivity (Wildman–Crippen MR) is 140 cm³/mol. The first-order valence-corrected chi connectivity index (χ1v) is 14.3. The Morgan fingerprint density at radius 3 is 2.71 bits per heavy atom. The van der Waals surface area contributed by atoms with Gasteiger partial charge in [-0.15, -0.1) is 0 Å². The van der Waals surface area contributed by atoms with Crippen molar-refractivity contribution < 1.29 is 38.8 Å². The number of aromatic amines is 1. The number of nitrogens with one attached hydrogen (secondary N) is 1. The molecule has 2 saturated heterocycles. The molecule has 41 heavy (non-hydrogen) atoms. The van der Waals surface area contributed by atoms with Crippen LogP contribution in [0.3, 0.4) is 0 Å². The lowest BCUT2D eigenvalue weighted by Gasteiger charge is -2.25. The van der Waals surface area contributed by atoms with E-state index in [0.717, 1.165) is 0 Å². The number of aliphatic hydroxyl groups excluding tert-OH is 3. The number of aromatic nitrogens is 7. The summed E-state index contributed by atoms with van der Waals surface area (Å²) in [5.74, 6) is 0.0678. The Morgan fingerprint density at radius 2 is 1.93 bits per heavy atom.